The van der Waals surface area contributed by atoms with Crippen molar-refractivity contribution >= 4 is 13.8 Å². The summed E-state index contributed by atoms with van der Waals surface area (Å²) in [6.07, 6.45) is 50.5. The predicted octanol–water partition coefficient (Wildman–Crippen LogP) is 14.4. The summed E-state index contributed by atoms with van der Waals surface area (Å²) in [5.41, 5.74) is 5.38. The smallest absolute Gasteiger partial charge is 0.457 e. The number of unbranched alkanes of at least 4 members (excludes halogenated alkanes) is 29. The summed E-state index contributed by atoms with van der Waals surface area (Å²) in [4.78, 5) is 22.5. The van der Waals surface area contributed by atoms with Gasteiger partial charge < -0.3 is 20.1 Å². The highest BCUT2D eigenvalue weighted by Gasteiger charge is 2.25. The average molecular weight is 814 g/mol. The van der Waals surface area contributed by atoms with Crippen LogP contribution < -0.4 is 5.73 Å². The summed E-state index contributed by atoms with van der Waals surface area (Å²) < 4.78 is 33.5. The van der Waals surface area contributed by atoms with Crippen LogP contribution in [0, 0.1) is 0 Å². The van der Waals surface area contributed by atoms with Gasteiger partial charge in [-0.15, -0.1) is 0 Å². The highest BCUT2D eigenvalue weighted by Crippen LogP contribution is 2.43. The second kappa shape index (κ2) is 45.1. The predicted molar refractivity (Wildman–Crippen MR) is 238 cm³/mol. The molecule has 0 amide bonds. The molecule has 0 aromatic rings. The maximum absolute atomic E-state index is 12.6. The quantitative estimate of drug-likeness (QED) is 0.0270. The molecule has 0 rings (SSSR count). The van der Waals surface area contributed by atoms with E-state index < -0.39 is 13.9 Å². The number of hydrogen-bond acceptors (Lipinski definition) is 7. The maximum Gasteiger partial charge on any atom is 0.472 e. The molecule has 332 valence electrons. The molecule has 0 aromatic carbocycles. The molecule has 0 spiro atoms. The van der Waals surface area contributed by atoms with E-state index >= 15 is 0 Å². The summed E-state index contributed by atoms with van der Waals surface area (Å²) in [6.45, 7) is 4.94. The molecule has 3 N–H and O–H groups in total. The van der Waals surface area contributed by atoms with Gasteiger partial charge in [0.25, 0.3) is 0 Å². The fourth-order valence-corrected chi connectivity index (χ4v) is 7.62. The van der Waals surface area contributed by atoms with Crippen LogP contribution >= 0.6 is 7.82 Å². The van der Waals surface area contributed by atoms with E-state index in [0.717, 1.165) is 38.5 Å². The van der Waals surface area contributed by atoms with Gasteiger partial charge in [-0.25, -0.2) is 4.57 Å². The van der Waals surface area contributed by atoms with Gasteiger partial charge >= 0.3 is 13.8 Å². The molecule has 2 atom stereocenters. The van der Waals surface area contributed by atoms with Gasteiger partial charge in [0.2, 0.25) is 0 Å². The van der Waals surface area contributed by atoms with Gasteiger partial charge in [-0.2, -0.15) is 0 Å². The summed E-state index contributed by atoms with van der Waals surface area (Å²) >= 11 is 0. The SMILES string of the molecule is CCCCC/C=C\C/C=C\CCCCCCCCCCCC(=O)O[C@H](COCCCCCCCCCCCCCCCCCCCC)COP(=O)(O)OCCN. The summed E-state index contributed by atoms with van der Waals surface area (Å²) in [6, 6.07) is 0. The van der Waals surface area contributed by atoms with E-state index in [0.29, 0.717) is 13.0 Å². The summed E-state index contributed by atoms with van der Waals surface area (Å²) in [5, 5.41) is 0. The molecule has 1 unspecified atom stereocenters. The van der Waals surface area contributed by atoms with Crippen molar-refractivity contribution in [1.82, 2.24) is 0 Å². The van der Waals surface area contributed by atoms with E-state index in [1.807, 2.05) is 0 Å². The molecule has 0 heterocycles. The van der Waals surface area contributed by atoms with Crippen molar-refractivity contribution in [3.8, 4) is 0 Å². The summed E-state index contributed by atoms with van der Waals surface area (Å²) in [5.74, 6) is -0.330. The molecular formula is C47H92NO7P. The number of allylic oxidation sites excluding steroid dienone is 4. The minimum Gasteiger partial charge on any atom is -0.457 e. The minimum absolute atomic E-state index is 0.0940. The summed E-state index contributed by atoms with van der Waals surface area (Å²) in [7, 11) is -4.28. The highest BCUT2D eigenvalue weighted by molar-refractivity contribution is 7.47. The van der Waals surface area contributed by atoms with E-state index in [2.05, 4.69) is 38.2 Å². The van der Waals surface area contributed by atoms with Gasteiger partial charge in [0.1, 0.15) is 6.10 Å². The van der Waals surface area contributed by atoms with Crippen LogP contribution in [-0.2, 0) is 27.9 Å². The Labute approximate surface area is 346 Å². The van der Waals surface area contributed by atoms with Crippen molar-refractivity contribution in [3.63, 3.8) is 0 Å². The number of hydrogen-bond donors (Lipinski definition) is 2. The topological polar surface area (TPSA) is 117 Å². The Morgan fingerprint density at radius 1 is 0.536 bits per heavy atom. The van der Waals surface area contributed by atoms with E-state index in [9.17, 15) is 14.3 Å². The van der Waals surface area contributed by atoms with Crippen LogP contribution in [0.3, 0.4) is 0 Å². The molecule has 9 heteroatoms. The molecule has 0 fully saturated rings. The zero-order valence-corrected chi connectivity index (χ0v) is 37.8. The first-order valence-corrected chi connectivity index (χ1v) is 25.3. The number of carbonyl (C=O) groups is 1. The third kappa shape index (κ3) is 44.1. The van der Waals surface area contributed by atoms with Crippen molar-refractivity contribution in [1.29, 1.82) is 0 Å². The number of rotatable bonds is 46. The van der Waals surface area contributed by atoms with Crippen LogP contribution in [0.5, 0.6) is 0 Å². The second-order valence-electron chi connectivity index (χ2n) is 16.0. The molecule has 0 aromatic heterocycles. The molecule has 0 bridgehead atoms. The number of phosphoric acid groups is 1. The van der Waals surface area contributed by atoms with Gasteiger partial charge in [-0.3, -0.25) is 13.8 Å². The number of ether oxygens (including phenoxy) is 2. The number of esters is 1. The van der Waals surface area contributed by atoms with Gasteiger partial charge in [-0.05, 0) is 44.9 Å². The standard InChI is InChI=1S/C47H92NO7P/c1-3-5-7-9-11-13-15-17-19-21-23-24-26-28-30-32-34-36-38-40-47(49)55-46(45-54-56(50,51)53-43-41-48)44-52-42-39-37-35-33-31-29-27-25-22-20-18-16-14-12-10-8-6-4-2/h11,13,17,19,46H,3-10,12,14-16,18,20-45,48H2,1-2H3,(H,50,51)/b13-11-,19-17-/t46-/m1/s1. The molecule has 0 saturated carbocycles. The molecule has 0 radical (unpaired) electrons. The number of nitrogens with two attached hydrogens (primary N) is 1. The van der Waals surface area contributed by atoms with Crippen molar-refractivity contribution in [2.45, 2.75) is 238 Å². The van der Waals surface area contributed by atoms with Crippen molar-refractivity contribution in [3.05, 3.63) is 24.3 Å². The van der Waals surface area contributed by atoms with E-state index in [1.54, 1.807) is 0 Å². The molecular weight excluding hydrogens is 721 g/mol. The fourth-order valence-electron chi connectivity index (χ4n) is 6.85. The molecule has 0 aliphatic heterocycles. The minimum atomic E-state index is -4.28. The molecule has 0 aliphatic rings. The maximum atomic E-state index is 12.6. The van der Waals surface area contributed by atoms with Crippen LogP contribution in [0.2, 0.25) is 0 Å². The Morgan fingerprint density at radius 2 is 0.946 bits per heavy atom. The lowest BCUT2D eigenvalue weighted by molar-refractivity contribution is -0.154. The van der Waals surface area contributed by atoms with Crippen LogP contribution in [0.4, 0.5) is 0 Å². The first-order chi connectivity index (χ1) is 27.4. The zero-order chi connectivity index (χ0) is 40.9. The Morgan fingerprint density at radius 3 is 1.43 bits per heavy atom. The average Bonchev–Trinajstić information content (AvgIpc) is 3.19. The van der Waals surface area contributed by atoms with Crippen molar-refractivity contribution in [2.24, 2.45) is 5.73 Å². The Hall–Kier alpha value is -1.02. The van der Waals surface area contributed by atoms with Crippen molar-refractivity contribution < 1.29 is 32.8 Å². The van der Waals surface area contributed by atoms with Gasteiger partial charge in [0, 0.05) is 19.6 Å². The Bertz CT molecular complexity index is 915. The third-order valence-electron chi connectivity index (χ3n) is 10.4. The van der Waals surface area contributed by atoms with Crippen molar-refractivity contribution in [2.75, 3.05) is 33.0 Å². The Kier molecular flexibility index (Phi) is 44.3. The monoisotopic (exact) mass is 814 g/mol. The van der Waals surface area contributed by atoms with Gasteiger partial charge in [-0.1, -0.05) is 205 Å². The van der Waals surface area contributed by atoms with E-state index in [4.69, 9.17) is 24.3 Å². The van der Waals surface area contributed by atoms with E-state index in [-0.39, 0.29) is 32.3 Å². The first kappa shape index (κ1) is 55.0. The van der Waals surface area contributed by atoms with Crippen LogP contribution in [0.1, 0.15) is 232 Å². The molecule has 56 heavy (non-hydrogen) atoms. The largest absolute Gasteiger partial charge is 0.472 e. The lowest BCUT2D eigenvalue weighted by Crippen LogP contribution is -2.28. The van der Waals surface area contributed by atoms with E-state index in [1.165, 1.54) is 173 Å². The molecule has 8 nitrogen and oxygen atoms in total. The molecule has 0 aliphatic carbocycles. The first-order valence-electron chi connectivity index (χ1n) is 23.8. The lowest BCUT2D eigenvalue weighted by atomic mass is 10.0. The number of carbonyl (C=O) groups excluding carboxylic acids is 1. The van der Waals surface area contributed by atoms with Gasteiger partial charge in [0.15, 0.2) is 0 Å². The fraction of sp³-hybridized carbons (Fsp3) is 0.894. The number of phosphoric ester groups is 1. The van der Waals surface area contributed by atoms with Gasteiger partial charge in [0.05, 0.1) is 19.8 Å². The normalized spacial score (nSPS) is 13.6. The van der Waals surface area contributed by atoms with Crippen LogP contribution in [0.25, 0.3) is 0 Å². The lowest BCUT2D eigenvalue weighted by Gasteiger charge is -2.20. The van der Waals surface area contributed by atoms with Crippen LogP contribution in [0.15, 0.2) is 24.3 Å². The van der Waals surface area contributed by atoms with Crippen LogP contribution in [-0.4, -0.2) is 49.9 Å². The third-order valence-corrected chi connectivity index (χ3v) is 11.4. The highest BCUT2D eigenvalue weighted by atomic mass is 31.2. The second-order valence-corrected chi connectivity index (χ2v) is 17.4. The Balaban J connectivity index is 3.96. The zero-order valence-electron chi connectivity index (χ0n) is 36.9. The molecule has 0 saturated heterocycles.